The number of unbranched alkanes of at least 4 members (excludes halogenated alkanes) is 4. The van der Waals surface area contributed by atoms with Gasteiger partial charge in [-0.05, 0) is 95.6 Å². The molecular weight excluding hydrogens is 650 g/mol. The topological polar surface area (TPSA) is 158 Å². The second kappa shape index (κ2) is 17.8. The normalized spacial score (nSPS) is 30.7. The van der Waals surface area contributed by atoms with E-state index in [0.29, 0.717) is 65.0 Å². The van der Waals surface area contributed by atoms with E-state index in [1.54, 1.807) is 4.90 Å². The lowest BCUT2D eigenvalue weighted by Crippen LogP contribution is -2.86. The average molecular weight is 714 g/mol. The third-order valence-electron chi connectivity index (χ3n) is 12.9. The van der Waals surface area contributed by atoms with E-state index in [2.05, 4.69) is 33.5 Å². The second-order valence-electron chi connectivity index (χ2n) is 16.1. The van der Waals surface area contributed by atoms with E-state index in [9.17, 15) is 15.2 Å². The molecule has 3 N–H and O–H groups in total. The summed E-state index contributed by atoms with van der Waals surface area (Å²) in [6.45, 7) is 9.14. The molecule has 5 aliphatic rings. The molecule has 5 fully saturated rings. The van der Waals surface area contributed by atoms with Crippen molar-refractivity contribution in [1.29, 1.82) is 5.26 Å². The highest BCUT2D eigenvalue weighted by Crippen LogP contribution is 2.85. The van der Waals surface area contributed by atoms with Crippen LogP contribution >= 0.6 is 0 Å². The van der Waals surface area contributed by atoms with Crippen molar-refractivity contribution in [3.8, 4) is 6.07 Å². The highest BCUT2D eigenvalue weighted by Gasteiger charge is 2.88. The zero-order chi connectivity index (χ0) is 35.7. The van der Waals surface area contributed by atoms with Crippen LogP contribution in [0.1, 0.15) is 103 Å². The maximum absolute atomic E-state index is 13.0. The zero-order valence-corrected chi connectivity index (χ0v) is 31.0. The van der Waals surface area contributed by atoms with Crippen molar-refractivity contribution in [2.75, 3.05) is 65.8 Å². The van der Waals surface area contributed by atoms with Crippen LogP contribution in [0.15, 0.2) is 6.20 Å². The Balaban J connectivity index is 0.837. The minimum atomic E-state index is -0.620. The SMILES string of the molecule is CCCCCCN(CCCC[C@H](O)CO)Cc1cn(CCOCCOCCOC23CC4CC5CC(NCC(=O)N6CCC[C@H]6C#N)(C2)C43C5)nn1. The van der Waals surface area contributed by atoms with Crippen molar-refractivity contribution >= 4 is 5.91 Å². The fourth-order valence-electron chi connectivity index (χ4n) is 10.7. The van der Waals surface area contributed by atoms with Gasteiger partial charge in [0, 0.05) is 30.2 Å². The minimum Gasteiger partial charge on any atom is -0.394 e. The van der Waals surface area contributed by atoms with Crippen molar-refractivity contribution < 1.29 is 29.2 Å². The molecule has 5 unspecified atom stereocenters. The summed E-state index contributed by atoms with van der Waals surface area (Å²) in [5, 5.41) is 40.6. The molecule has 1 saturated heterocycles. The molecule has 4 aliphatic carbocycles. The number of aromatic nitrogens is 3. The predicted molar refractivity (Wildman–Crippen MR) is 190 cm³/mol. The van der Waals surface area contributed by atoms with Gasteiger partial charge < -0.3 is 34.6 Å². The summed E-state index contributed by atoms with van der Waals surface area (Å²) in [6, 6.07) is 2.03. The van der Waals surface area contributed by atoms with Gasteiger partial charge >= 0.3 is 0 Å². The fraction of sp³-hybridized carbons (Fsp3) is 0.895. The van der Waals surface area contributed by atoms with Crippen LogP contribution in [0, 0.1) is 28.6 Å². The van der Waals surface area contributed by atoms with Crippen LogP contribution in [-0.2, 0) is 32.1 Å². The molecule has 1 aliphatic heterocycles. The lowest BCUT2D eigenvalue weighted by molar-refractivity contribution is -0.343. The maximum atomic E-state index is 13.0. The average Bonchev–Trinajstić information content (AvgIpc) is 3.92. The lowest BCUT2D eigenvalue weighted by Gasteiger charge is -2.78. The number of carbonyl (C=O) groups excluding carboxylic acids is 1. The molecule has 2 bridgehead atoms. The summed E-state index contributed by atoms with van der Waals surface area (Å²) in [4.78, 5) is 17.2. The quantitative estimate of drug-likeness (QED) is 0.121. The molecule has 0 aromatic carbocycles. The first-order valence-corrected chi connectivity index (χ1v) is 20.0. The number of ether oxygens (including phenoxy) is 3. The number of aliphatic hydroxyl groups is 2. The molecule has 4 saturated carbocycles. The highest BCUT2D eigenvalue weighted by molar-refractivity contribution is 5.79. The molecule has 1 amide bonds. The van der Waals surface area contributed by atoms with Crippen molar-refractivity contribution in [3.05, 3.63) is 11.9 Å². The molecule has 1 aromatic heterocycles. The third-order valence-corrected chi connectivity index (χ3v) is 12.9. The van der Waals surface area contributed by atoms with Crippen LogP contribution < -0.4 is 5.32 Å². The Kier molecular flexibility index (Phi) is 13.4. The Bertz CT molecular complexity index is 1310. The molecule has 286 valence electrons. The third kappa shape index (κ3) is 8.32. The van der Waals surface area contributed by atoms with Gasteiger partial charge in [0.1, 0.15) is 6.04 Å². The van der Waals surface area contributed by atoms with Crippen LogP contribution in [-0.4, -0.2) is 130 Å². The van der Waals surface area contributed by atoms with Crippen molar-refractivity contribution in [2.45, 2.75) is 133 Å². The Morgan fingerprint density at radius 2 is 1.92 bits per heavy atom. The van der Waals surface area contributed by atoms with Crippen LogP contribution in [0.5, 0.6) is 0 Å². The molecule has 6 rings (SSSR count). The van der Waals surface area contributed by atoms with E-state index in [4.69, 9.17) is 19.3 Å². The van der Waals surface area contributed by atoms with Crippen molar-refractivity contribution in [3.63, 3.8) is 0 Å². The van der Waals surface area contributed by atoms with Gasteiger partial charge in [-0.2, -0.15) is 5.26 Å². The maximum Gasteiger partial charge on any atom is 0.237 e. The van der Waals surface area contributed by atoms with Gasteiger partial charge in [-0.25, -0.2) is 4.68 Å². The number of likely N-dealkylation sites (tertiary alicyclic amines) is 1. The van der Waals surface area contributed by atoms with E-state index in [1.165, 1.54) is 32.1 Å². The zero-order valence-electron chi connectivity index (χ0n) is 31.0. The van der Waals surface area contributed by atoms with E-state index in [1.807, 2.05) is 10.9 Å². The Hall–Kier alpha value is -2.18. The number of fused-ring (bicyclic) bond motifs is 1. The summed E-state index contributed by atoms with van der Waals surface area (Å²) in [5.74, 6) is 1.49. The smallest absolute Gasteiger partial charge is 0.237 e. The Labute approximate surface area is 304 Å². The van der Waals surface area contributed by atoms with E-state index < -0.39 is 6.10 Å². The standard InChI is InChI=1S/C38H63N7O6/c1-2-3-4-6-11-43(12-7-5-10-34(47)28-46)26-32-27-44(42-41-32)14-15-49-16-17-50-18-19-51-37-23-31-20-30-21-36(29-37,38(31,37)22-30)40-25-35(48)45-13-8-9-33(45)24-39/h27,30-31,33-34,40,46-47H,2-23,25-26,28-29H2,1H3/t30?,31?,33-,34-,36?,37?,38?/m0/s1. The van der Waals surface area contributed by atoms with Gasteiger partial charge in [-0.15, -0.1) is 5.10 Å². The molecule has 51 heavy (non-hydrogen) atoms. The van der Waals surface area contributed by atoms with Crippen molar-refractivity contribution in [1.82, 2.24) is 30.1 Å². The summed E-state index contributed by atoms with van der Waals surface area (Å²) in [7, 11) is 0. The van der Waals surface area contributed by atoms with Gasteiger partial charge in [0.05, 0.1) is 76.2 Å². The molecule has 2 heterocycles. The number of nitriles is 1. The molecule has 13 nitrogen and oxygen atoms in total. The Morgan fingerprint density at radius 1 is 1.12 bits per heavy atom. The van der Waals surface area contributed by atoms with E-state index in [-0.39, 0.29) is 35.1 Å². The predicted octanol–water partition coefficient (Wildman–Crippen LogP) is 3.04. The number of amides is 1. The van der Waals surface area contributed by atoms with Gasteiger partial charge in [0.25, 0.3) is 0 Å². The van der Waals surface area contributed by atoms with Gasteiger partial charge in [-0.1, -0.05) is 31.4 Å². The van der Waals surface area contributed by atoms with E-state index in [0.717, 1.165) is 82.6 Å². The molecule has 7 atom stereocenters. The summed E-state index contributed by atoms with van der Waals surface area (Å²) in [6.07, 6.45) is 16.2. The van der Waals surface area contributed by atoms with Crippen LogP contribution in [0.3, 0.4) is 0 Å². The molecule has 1 spiro atoms. The van der Waals surface area contributed by atoms with E-state index >= 15 is 0 Å². The second-order valence-corrected chi connectivity index (χ2v) is 16.1. The number of nitrogens with zero attached hydrogens (tertiary/aromatic N) is 6. The Morgan fingerprint density at radius 3 is 2.71 bits per heavy atom. The van der Waals surface area contributed by atoms with Crippen LogP contribution in [0.4, 0.5) is 0 Å². The molecule has 13 heteroatoms. The number of carbonyl (C=O) groups is 1. The first-order valence-electron chi connectivity index (χ1n) is 20.0. The first-order chi connectivity index (χ1) is 24.9. The molecule has 0 radical (unpaired) electrons. The summed E-state index contributed by atoms with van der Waals surface area (Å²) in [5.41, 5.74) is 1.05. The van der Waals surface area contributed by atoms with Gasteiger partial charge in [-0.3, -0.25) is 9.69 Å². The number of hydrogen-bond donors (Lipinski definition) is 3. The monoisotopic (exact) mass is 713 g/mol. The van der Waals surface area contributed by atoms with Crippen molar-refractivity contribution in [2.24, 2.45) is 17.3 Å². The summed E-state index contributed by atoms with van der Waals surface area (Å²) >= 11 is 0. The number of nitrogens with one attached hydrogen (secondary N) is 1. The molecular formula is C38H63N7O6. The summed E-state index contributed by atoms with van der Waals surface area (Å²) < 4.78 is 20.2. The number of rotatable bonds is 26. The largest absolute Gasteiger partial charge is 0.394 e. The number of hydrogen-bond acceptors (Lipinski definition) is 11. The molecule has 1 aromatic rings. The first kappa shape index (κ1) is 38.5. The fourth-order valence-corrected chi connectivity index (χ4v) is 10.7. The minimum absolute atomic E-state index is 0.00965. The van der Waals surface area contributed by atoms with Crippen LogP contribution in [0.2, 0.25) is 0 Å². The van der Waals surface area contributed by atoms with Gasteiger partial charge in [0.15, 0.2) is 0 Å². The van der Waals surface area contributed by atoms with Gasteiger partial charge in [0.2, 0.25) is 5.91 Å². The lowest BCUT2D eigenvalue weighted by atomic mass is 9.32. The van der Waals surface area contributed by atoms with Crippen LogP contribution in [0.25, 0.3) is 0 Å². The highest BCUT2D eigenvalue weighted by atomic mass is 16.6. The number of aliphatic hydroxyl groups excluding tert-OH is 2.